The van der Waals surface area contributed by atoms with Gasteiger partial charge in [0.15, 0.2) is 0 Å². The number of phenols is 1. The lowest BCUT2D eigenvalue weighted by molar-refractivity contribution is 0.242. The second-order valence-corrected chi connectivity index (χ2v) is 6.83. The van der Waals surface area contributed by atoms with Crippen LogP contribution < -0.4 is 15.8 Å². The van der Waals surface area contributed by atoms with Crippen LogP contribution in [0.3, 0.4) is 0 Å². The number of aromatic hydroxyl groups is 1. The number of anilines is 1. The maximum atomic E-state index is 10.4. The molecule has 6 nitrogen and oxygen atoms in total. The van der Waals surface area contributed by atoms with E-state index in [9.17, 15) is 10.4 Å². The fraction of sp³-hybridized carbons (Fsp3) is 0.400. The molecule has 144 valence electrons. The van der Waals surface area contributed by atoms with E-state index in [0.29, 0.717) is 22.6 Å². The molecule has 1 aliphatic heterocycles. The fourth-order valence-electron chi connectivity index (χ4n) is 3.40. The number of pyridine rings is 1. The van der Waals surface area contributed by atoms with Gasteiger partial charge in [-0.25, -0.2) is 4.98 Å². The number of nitrogen functional groups attached to an aromatic ring is 1. The van der Waals surface area contributed by atoms with Crippen LogP contribution in [0.15, 0.2) is 24.3 Å². The van der Waals surface area contributed by atoms with Crippen molar-refractivity contribution in [3.8, 4) is 28.8 Å². The molecule has 1 saturated heterocycles. The number of benzene rings is 1. The normalized spacial score (nSPS) is 16.4. The summed E-state index contributed by atoms with van der Waals surface area (Å²) in [6, 6.07) is 9.19. The lowest BCUT2D eigenvalue weighted by atomic mass is 9.88. The van der Waals surface area contributed by atoms with Gasteiger partial charge < -0.3 is 20.9 Å². The molecule has 2 aromatic rings. The van der Waals surface area contributed by atoms with Crippen molar-refractivity contribution >= 4 is 18.2 Å². The molecule has 27 heavy (non-hydrogen) atoms. The van der Waals surface area contributed by atoms with E-state index in [2.05, 4.69) is 16.4 Å². The topological polar surface area (TPSA) is 104 Å². The molecular formula is C20H25ClN4O2. The van der Waals surface area contributed by atoms with Crippen LogP contribution in [0.2, 0.25) is 0 Å². The first-order valence-electron chi connectivity index (χ1n) is 8.91. The first-order chi connectivity index (χ1) is 12.5. The minimum absolute atomic E-state index is 0. The number of phenolic OH excluding ortho intramolecular Hbond substituents is 1. The van der Waals surface area contributed by atoms with Gasteiger partial charge in [-0.2, -0.15) is 5.26 Å². The van der Waals surface area contributed by atoms with Crippen molar-refractivity contribution in [3.63, 3.8) is 0 Å². The second-order valence-electron chi connectivity index (χ2n) is 6.83. The van der Waals surface area contributed by atoms with Crippen LogP contribution in [-0.4, -0.2) is 29.3 Å². The van der Waals surface area contributed by atoms with Gasteiger partial charge >= 0.3 is 0 Å². The van der Waals surface area contributed by atoms with Crippen molar-refractivity contribution < 1.29 is 9.84 Å². The molecule has 1 aliphatic rings. The molecule has 0 amide bonds. The Hall–Kier alpha value is -2.49. The maximum absolute atomic E-state index is 10.4. The van der Waals surface area contributed by atoms with E-state index in [1.165, 1.54) is 0 Å². The molecule has 7 heteroatoms. The Kier molecular flexibility index (Phi) is 6.89. The summed E-state index contributed by atoms with van der Waals surface area (Å²) in [7, 11) is 0. The number of nitrogens with zero attached hydrogens (tertiary/aromatic N) is 2. The summed E-state index contributed by atoms with van der Waals surface area (Å²) in [5, 5.41) is 23.4. The number of aromatic nitrogens is 1. The monoisotopic (exact) mass is 388 g/mol. The molecule has 0 aliphatic carbocycles. The van der Waals surface area contributed by atoms with Crippen LogP contribution in [0.25, 0.3) is 11.3 Å². The van der Waals surface area contributed by atoms with Gasteiger partial charge in [0.05, 0.1) is 22.9 Å². The number of nitriles is 1. The van der Waals surface area contributed by atoms with E-state index in [-0.39, 0.29) is 36.0 Å². The molecule has 0 bridgehead atoms. The maximum Gasteiger partial charge on any atom is 0.142 e. The van der Waals surface area contributed by atoms with Crippen molar-refractivity contribution in [1.82, 2.24) is 10.3 Å². The summed E-state index contributed by atoms with van der Waals surface area (Å²) >= 11 is 0. The molecule has 2 heterocycles. The van der Waals surface area contributed by atoms with Crippen molar-refractivity contribution in [1.29, 1.82) is 5.26 Å². The lowest BCUT2D eigenvalue weighted by Gasteiger charge is -2.25. The van der Waals surface area contributed by atoms with Gasteiger partial charge in [0.25, 0.3) is 0 Å². The van der Waals surface area contributed by atoms with E-state index in [0.717, 1.165) is 31.5 Å². The van der Waals surface area contributed by atoms with Gasteiger partial charge in [-0.3, -0.25) is 0 Å². The third-order valence-corrected chi connectivity index (χ3v) is 4.55. The fourth-order valence-corrected chi connectivity index (χ4v) is 3.40. The molecule has 1 unspecified atom stereocenters. The molecule has 1 fully saturated rings. The Balaban J connectivity index is 0.00000261. The number of piperidine rings is 1. The van der Waals surface area contributed by atoms with Gasteiger partial charge in [-0.1, -0.05) is 6.07 Å². The summed E-state index contributed by atoms with van der Waals surface area (Å²) in [6.45, 7) is 5.63. The highest BCUT2D eigenvalue weighted by molar-refractivity contribution is 5.85. The first kappa shape index (κ1) is 20.8. The minimum atomic E-state index is -0.0479. The summed E-state index contributed by atoms with van der Waals surface area (Å²) in [5.74, 6) is 1.00. The SMILES string of the molecule is CC(C)Oc1cccc(O)c1-c1cc(C2CCCNC2)c(C#N)c(N)n1.Cl. The van der Waals surface area contributed by atoms with E-state index >= 15 is 0 Å². The van der Waals surface area contributed by atoms with E-state index in [1.807, 2.05) is 19.9 Å². The molecule has 1 atom stereocenters. The summed E-state index contributed by atoms with van der Waals surface area (Å²) in [6.07, 6.45) is 1.99. The Bertz CT molecular complexity index is 843. The van der Waals surface area contributed by atoms with E-state index in [4.69, 9.17) is 10.5 Å². The second kappa shape index (κ2) is 8.94. The Morgan fingerprint density at radius 1 is 1.41 bits per heavy atom. The highest BCUT2D eigenvalue weighted by Crippen LogP contribution is 2.40. The van der Waals surface area contributed by atoms with Crippen molar-refractivity contribution in [2.45, 2.75) is 38.7 Å². The van der Waals surface area contributed by atoms with Gasteiger partial charge in [0.2, 0.25) is 0 Å². The van der Waals surface area contributed by atoms with E-state index < -0.39 is 0 Å². The Morgan fingerprint density at radius 3 is 2.81 bits per heavy atom. The van der Waals surface area contributed by atoms with Crippen molar-refractivity contribution in [3.05, 3.63) is 35.4 Å². The molecule has 3 rings (SSSR count). The number of hydrogen-bond donors (Lipinski definition) is 3. The zero-order valence-corrected chi connectivity index (χ0v) is 16.3. The molecule has 0 spiro atoms. The predicted molar refractivity (Wildman–Crippen MR) is 108 cm³/mol. The number of nitrogens with two attached hydrogens (primary N) is 1. The number of halogens is 1. The molecule has 1 aromatic heterocycles. The minimum Gasteiger partial charge on any atom is -0.507 e. The van der Waals surface area contributed by atoms with Gasteiger partial charge in [0.1, 0.15) is 23.4 Å². The first-order valence-corrected chi connectivity index (χ1v) is 8.91. The van der Waals surface area contributed by atoms with Gasteiger partial charge in [-0.15, -0.1) is 12.4 Å². The number of ether oxygens (including phenoxy) is 1. The average molecular weight is 389 g/mol. The molecule has 0 saturated carbocycles. The predicted octanol–water partition coefficient (Wildman–Crippen LogP) is 3.58. The summed E-state index contributed by atoms with van der Waals surface area (Å²) < 4.78 is 5.84. The highest BCUT2D eigenvalue weighted by Gasteiger charge is 2.24. The smallest absolute Gasteiger partial charge is 0.142 e. The third kappa shape index (κ3) is 4.44. The lowest BCUT2D eigenvalue weighted by Crippen LogP contribution is -2.29. The van der Waals surface area contributed by atoms with Crippen LogP contribution in [0.5, 0.6) is 11.5 Å². The Morgan fingerprint density at radius 2 is 2.19 bits per heavy atom. The van der Waals surface area contributed by atoms with Crippen LogP contribution in [-0.2, 0) is 0 Å². The van der Waals surface area contributed by atoms with E-state index in [1.54, 1.807) is 18.2 Å². The molecular weight excluding hydrogens is 364 g/mol. The summed E-state index contributed by atoms with van der Waals surface area (Å²) in [4.78, 5) is 4.39. The van der Waals surface area contributed by atoms with Crippen molar-refractivity contribution in [2.75, 3.05) is 18.8 Å². The highest BCUT2D eigenvalue weighted by atomic mass is 35.5. The summed E-state index contributed by atoms with van der Waals surface area (Å²) in [5.41, 5.74) is 8.42. The van der Waals surface area contributed by atoms with Crippen LogP contribution in [0, 0.1) is 11.3 Å². The van der Waals surface area contributed by atoms with Crippen LogP contribution >= 0.6 is 12.4 Å². The quantitative estimate of drug-likeness (QED) is 0.739. The van der Waals surface area contributed by atoms with Crippen LogP contribution in [0.4, 0.5) is 5.82 Å². The largest absolute Gasteiger partial charge is 0.507 e. The number of hydrogen-bond acceptors (Lipinski definition) is 6. The Labute approximate surface area is 165 Å². The average Bonchev–Trinajstić information content (AvgIpc) is 2.61. The third-order valence-electron chi connectivity index (χ3n) is 4.55. The van der Waals surface area contributed by atoms with Crippen LogP contribution in [0.1, 0.15) is 43.7 Å². The molecule has 4 N–H and O–H groups in total. The molecule has 0 radical (unpaired) electrons. The zero-order chi connectivity index (χ0) is 18.7. The van der Waals surface area contributed by atoms with Crippen molar-refractivity contribution in [2.24, 2.45) is 0 Å². The standard InChI is InChI=1S/C20H24N4O2.ClH/c1-12(2)26-18-7-3-6-17(25)19(18)16-9-14(13-5-4-8-23-11-13)15(10-21)20(22)24-16;/h3,6-7,9,12-13,23,25H,4-5,8,11H2,1-2H3,(H2,22,24);1H. The molecule has 1 aromatic carbocycles. The van der Waals surface area contributed by atoms with Gasteiger partial charge in [0, 0.05) is 6.54 Å². The zero-order valence-electron chi connectivity index (χ0n) is 15.5. The number of rotatable bonds is 4. The van der Waals surface area contributed by atoms with Gasteiger partial charge in [-0.05, 0) is 62.9 Å². The number of nitrogens with one attached hydrogen (secondary N) is 1.